The normalized spacial score (nSPS) is 21.3. The average molecular weight is 402 g/mol. The molecule has 0 radical (unpaired) electrons. The van der Waals surface area contributed by atoms with Gasteiger partial charge in [-0.05, 0) is 57.2 Å². The van der Waals surface area contributed by atoms with Crippen molar-refractivity contribution in [2.45, 2.75) is 25.3 Å². The number of nitrogens with one attached hydrogen (secondary N) is 1. The topological polar surface area (TPSA) is 70.5 Å². The van der Waals surface area contributed by atoms with E-state index in [1.54, 1.807) is 35.4 Å². The molecule has 7 nitrogen and oxygen atoms in total. The molecule has 2 aliphatic heterocycles. The molecule has 0 unspecified atom stereocenters. The Kier molecular flexibility index (Phi) is 5.37. The SMILES string of the molecule is CN1CCC(n2nccc2NC(=O)[C@H]2CC(=O)N(c3ccc(Cl)cc3)C2)CC1. The minimum Gasteiger partial charge on any atom is -0.312 e. The Morgan fingerprint density at radius 1 is 1.18 bits per heavy atom. The highest BCUT2D eigenvalue weighted by molar-refractivity contribution is 6.30. The Morgan fingerprint density at radius 2 is 1.89 bits per heavy atom. The van der Waals surface area contributed by atoms with Crippen LogP contribution in [-0.4, -0.2) is 53.2 Å². The van der Waals surface area contributed by atoms with E-state index in [1.807, 2.05) is 10.7 Å². The maximum Gasteiger partial charge on any atom is 0.230 e. The van der Waals surface area contributed by atoms with Gasteiger partial charge in [0.15, 0.2) is 0 Å². The molecule has 0 bridgehead atoms. The molecule has 2 saturated heterocycles. The van der Waals surface area contributed by atoms with Crippen molar-refractivity contribution in [3.05, 3.63) is 41.6 Å². The number of nitrogens with zero attached hydrogens (tertiary/aromatic N) is 4. The Balaban J connectivity index is 1.42. The van der Waals surface area contributed by atoms with Crippen molar-refractivity contribution in [1.29, 1.82) is 0 Å². The van der Waals surface area contributed by atoms with Gasteiger partial charge in [-0.15, -0.1) is 0 Å². The predicted molar refractivity (Wildman–Crippen MR) is 109 cm³/mol. The van der Waals surface area contributed by atoms with E-state index in [2.05, 4.69) is 22.4 Å². The fourth-order valence-corrected chi connectivity index (χ4v) is 4.05. The van der Waals surface area contributed by atoms with Gasteiger partial charge in [-0.1, -0.05) is 11.6 Å². The van der Waals surface area contributed by atoms with Crippen molar-refractivity contribution in [2.24, 2.45) is 5.92 Å². The molecule has 1 atom stereocenters. The largest absolute Gasteiger partial charge is 0.312 e. The van der Waals surface area contributed by atoms with Crippen molar-refractivity contribution >= 4 is 34.9 Å². The standard InChI is InChI=1S/C20H24ClN5O2/c1-24-10-7-17(8-11-24)26-18(6-9-22-26)23-20(28)14-12-19(27)25(13-14)16-4-2-15(21)3-5-16/h2-6,9,14,17H,7-8,10-13H2,1H3,(H,23,28)/t14-/m0/s1. The average Bonchev–Trinajstić information content (AvgIpc) is 3.30. The van der Waals surface area contributed by atoms with E-state index < -0.39 is 0 Å². The first-order chi connectivity index (χ1) is 13.5. The first kappa shape index (κ1) is 19.0. The summed E-state index contributed by atoms with van der Waals surface area (Å²) in [7, 11) is 2.12. The summed E-state index contributed by atoms with van der Waals surface area (Å²) in [6.45, 7) is 2.41. The van der Waals surface area contributed by atoms with E-state index in [9.17, 15) is 9.59 Å². The van der Waals surface area contributed by atoms with Crippen molar-refractivity contribution in [2.75, 3.05) is 36.9 Å². The Hall–Kier alpha value is -2.38. The quantitative estimate of drug-likeness (QED) is 0.855. The molecule has 2 aliphatic rings. The molecule has 0 spiro atoms. The summed E-state index contributed by atoms with van der Waals surface area (Å²) in [4.78, 5) is 29.2. The first-order valence-corrected chi connectivity index (χ1v) is 9.98. The number of carbonyl (C=O) groups excluding carboxylic acids is 2. The van der Waals surface area contributed by atoms with Crippen LogP contribution in [0, 0.1) is 5.92 Å². The number of aromatic nitrogens is 2. The van der Waals surface area contributed by atoms with Crippen LogP contribution in [-0.2, 0) is 9.59 Å². The third-order valence-electron chi connectivity index (χ3n) is 5.59. The monoisotopic (exact) mass is 401 g/mol. The molecule has 1 N–H and O–H groups in total. The van der Waals surface area contributed by atoms with Crippen molar-refractivity contribution in [1.82, 2.24) is 14.7 Å². The second-order valence-electron chi connectivity index (χ2n) is 7.57. The van der Waals surface area contributed by atoms with Crippen LogP contribution in [0.4, 0.5) is 11.5 Å². The lowest BCUT2D eigenvalue weighted by Crippen LogP contribution is -2.33. The molecule has 2 aromatic rings. The van der Waals surface area contributed by atoms with Crippen molar-refractivity contribution < 1.29 is 9.59 Å². The molecule has 28 heavy (non-hydrogen) atoms. The van der Waals surface area contributed by atoms with Gasteiger partial charge in [0.25, 0.3) is 0 Å². The lowest BCUT2D eigenvalue weighted by atomic mass is 10.1. The van der Waals surface area contributed by atoms with Gasteiger partial charge in [-0.3, -0.25) is 9.59 Å². The number of carbonyl (C=O) groups is 2. The molecular formula is C20H24ClN5O2. The molecule has 2 amide bonds. The third-order valence-corrected chi connectivity index (χ3v) is 5.84. The summed E-state index contributed by atoms with van der Waals surface area (Å²) in [5.74, 6) is 0.131. The highest BCUT2D eigenvalue weighted by atomic mass is 35.5. The van der Waals surface area contributed by atoms with Crippen molar-refractivity contribution in [3.8, 4) is 0 Å². The number of amides is 2. The van der Waals surface area contributed by atoms with Gasteiger partial charge in [-0.2, -0.15) is 5.10 Å². The van der Waals surface area contributed by atoms with Gasteiger partial charge in [0, 0.05) is 29.7 Å². The highest BCUT2D eigenvalue weighted by Gasteiger charge is 2.35. The molecule has 1 aromatic carbocycles. The van der Waals surface area contributed by atoms with Gasteiger partial charge >= 0.3 is 0 Å². The van der Waals surface area contributed by atoms with Gasteiger partial charge in [0.1, 0.15) is 5.82 Å². The fourth-order valence-electron chi connectivity index (χ4n) is 3.93. The van der Waals surface area contributed by atoms with E-state index in [1.165, 1.54) is 0 Å². The zero-order valence-corrected chi connectivity index (χ0v) is 16.6. The number of rotatable bonds is 4. The number of likely N-dealkylation sites (tertiary alicyclic amines) is 1. The second kappa shape index (κ2) is 7.93. The summed E-state index contributed by atoms with van der Waals surface area (Å²) in [6.07, 6.45) is 3.94. The second-order valence-corrected chi connectivity index (χ2v) is 8.00. The lowest BCUT2D eigenvalue weighted by molar-refractivity contribution is -0.122. The van der Waals surface area contributed by atoms with Crippen LogP contribution >= 0.6 is 11.6 Å². The van der Waals surface area contributed by atoms with Crippen LogP contribution in [0.2, 0.25) is 5.02 Å². The van der Waals surface area contributed by atoms with Crippen LogP contribution in [0.1, 0.15) is 25.3 Å². The molecule has 4 rings (SSSR count). The van der Waals surface area contributed by atoms with Crippen LogP contribution in [0.25, 0.3) is 0 Å². The van der Waals surface area contributed by atoms with Gasteiger partial charge in [0.05, 0.1) is 18.2 Å². The number of hydrogen-bond acceptors (Lipinski definition) is 4. The maximum atomic E-state index is 12.8. The molecule has 8 heteroatoms. The van der Waals surface area contributed by atoms with E-state index in [4.69, 9.17) is 11.6 Å². The molecule has 0 aliphatic carbocycles. The minimum atomic E-state index is -0.385. The molecule has 3 heterocycles. The number of halogens is 1. The summed E-state index contributed by atoms with van der Waals surface area (Å²) in [6, 6.07) is 9.21. The van der Waals surface area contributed by atoms with Gasteiger partial charge < -0.3 is 15.1 Å². The van der Waals surface area contributed by atoms with E-state index in [-0.39, 0.29) is 30.2 Å². The molecule has 148 valence electrons. The fraction of sp³-hybridized carbons (Fsp3) is 0.450. The number of piperidine rings is 1. The van der Waals surface area contributed by atoms with E-state index in [0.29, 0.717) is 17.4 Å². The predicted octanol–water partition coefficient (Wildman–Crippen LogP) is 2.79. The maximum absolute atomic E-state index is 12.8. The Morgan fingerprint density at radius 3 is 2.61 bits per heavy atom. The van der Waals surface area contributed by atoms with Crippen LogP contribution < -0.4 is 10.2 Å². The van der Waals surface area contributed by atoms with Crippen LogP contribution in [0.5, 0.6) is 0 Å². The lowest BCUT2D eigenvalue weighted by Gasteiger charge is -2.30. The van der Waals surface area contributed by atoms with Gasteiger partial charge in [0.2, 0.25) is 11.8 Å². The third kappa shape index (κ3) is 3.91. The number of benzene rings is 1. The molecule has 0 saturated carbocycles. The molecule has 1 aromatic heterocycles. The van der Waals surface area contributed by atoms with E-state index >= 15 is 0 Å². The number of hydrogen-bond donors (Lipinski definition) is 1. The van der Waals surface area contributed by atoms with Gasteiger partial charge in [-0.25, -0.2) is 4.68 Å². The zero-order chi connectivity index (χ0) is 19.7. The van der Waals surface area contributed by atoms with E-state index in [0.717, 1.165) is 31.6 Å². The summed E-state index contributed by atoms with van der Waals surface area (Å²) in [5.41, 5.74) is 0.765. The van der Waals surface area contributed by atoms with Crippen molar-refractivity contribution in [3.63, 3.8) is 0 Å². The summed E-state index contributed by atoms with van der Waals surface area (Å²) in [5, 5.41) is 8.03. The van der Waals surface area contributed by atoms with Crippen LogP contribution in [0.15, 0.2) is 36.5 Å². The molecular weight excluding hydrogens is 378 g/mol. The summed E-state index contributed by atoms with van der Waals surface area (Å²) >= 11 is 5.92. The summed E-state index contributed by atoms with van der Waals surface area (Å²) < 4.78 is 1.92. The highest BCUT2D eigenvalue weighted by Crippen LogP contribution is 2.28. The zero-order valence-electron chi connectivity index (χ0n) is 15.8. The minimum absolute atomic E-state index is 0.0497. The van der Waals surface area contributed by atoms with Crippen LogP contribution in [0.3, 0.4) is 0 Å². The molecule has 2 fully saturated rings. The Labute approximate surface area is 169 Å². The first-order valence-electron chi connectivity index (χ1n) is 9.60. The smallest absolute Gasteiger partial charge is 0.230 e. The number of anilines is 2. The Bertz CT molecular complexity index is 858.